The Labute approximate surface area is 205 Å². The van der Waals surface area contributed by atoms with Gasteiger partial charge in [0.2, 0.25) is 11.7 Å². The lowest BCUT2D eigenvalue weighted by atomic mass is 10.1. The van der Waals surface area contributed by atoms with Crippen molar-refractivity contribution in [2.75, 3.05) is 5.32 Å². The van der Waals surface area contributed by atoms with Gasteiger partial charge in [-0.2, -0.15) is 4.98 Å². The molecule has 0 aliphatic carbocycles. The summed E-state index contributed by atoms with van der Waals surface area (Å²) in [4.78, 5) is 36.0. The molecule has 0 radical (unpaired) electrons. The first kappa shape index (κ1) is 22.7. The van der Waals surface area contributed by atoms with Crippen LogP contribution in [0.5, 0.6) is 0 Å². The molecule has 0 saturated carbocycles. The number of nitrogens with zero attached hydrogens (tertiary/aromatic N) is 4. The van der Waals surface area contributed by atoms with Crippen molar-refractivity contribution in [2.24, 2.45) is 0 Å². The van der Waals surface area contributed by atoms with Gasteiger partial charge in [-0.1, -0.05) is 48.0 Å². The van der Waals surface area contributed by atoms with E-state index in [4.69, 9.17) is 4.52 Å². The van der Waals surface area contributed by atoms with Crippen LogP contribution in [0.4, 0.5) is 5.69 Å². The molecule has 0 bridgehead atoms. The summed E-state index contributed by atoms with van der Waals surface area (Å²) in [6.45, 7) is 5.76. The van der Waals surface area contributed by atoms with Crippen molar-refractivity contribution < 1.29 is 9.32 Å². The molecule has 0 fully saturated rings. The second-order valence-electron chi connectivity index (χ2n) is 8.31. The number of carbonyl (C=O) groups is 1. The predicted molar refractivity (Wildman–Crippen MR) is 137 cm³/mol. The van der Waals surface area contributed by atoms with E-state index in [1.165, 1.54) is 27.8 Å². The van der Waals surface area contributed by atoms with Gasteiger partial charge in [-0.15, -0.1) is 11.3 Å². The molecule has 2 aromatic carbocycles. The highest BCUT2D eigenvalue weighted by Crippen LogP contribution is 2.35. The lowest BCUT2D eigenvalue weighted by Gasteiger charge is -2.08. The second-order valence-corrected chi connectivity index (χ2v) is 9.30. The molecule has 0 aliphatic rings. The molecular weight excluding hydrogens is 462 g/mol. The Morgan fingerprint density at radius 2 is 1.94 bits per heavy atom. The van der Waals surface area contributed by atoms with Crippen molar-refractivity contribution in [2.45, 2.75) is 33.7 Å². The summed E-state index contributed by atoms with van der Waals surface area (Å²) in [6, 6.07) is 15.5. The molecule has 0 atom stereocenters. The number of anilines is 1. The normalized spacial score (nSPS) is 11.2. The Morgan fingerprint density at radius 3 is 2.69 bits per heavy atom. The van der Waals surface area contributed by atoms with E-state index in [1.807, 2.05) is 62.4 Å². The van der Waals surface area contributed by atoms with Crippen LogP contribution in [-0.4, -0.2) is 25.6 Å². The SMILES string of the molecule is CCc1ccc(NC(=O)Cn2cnc3sc(-c4nc(-c5cccc(C)c5)no4)c(C)c3c2=O)cc1. The molecule has 0 saturated heterocycles. The number of fused-ring (bicyclic) bond motifs is 1. The Hall–Kier alpha value is -4.11. The van der Waals surface area contributed by atoms with Gasteiger partial charge in [0.1, 0.15) is 11.4 Å². The maximum atomic E-state index is 13.2. The van der Waals surface area contributed by atoms with Crippen LogP contribution in [0.15, 0.2) is 64.2 Å². The van der Waals surface area contributed by atoms with Crippen LogP contribution >= 0.6 is 11.3 Å². The van der Waals surface area contributed by atoms with Crippen LogP contribution in [0.1, 0.15) is 23.6 Å². The van der Waals surface area contributed by atoms with E-state index in [-0.39, 0.29) is 18.0 Å². The molecule has 1 N–H and O–H groups in total. The third-order valence-corrected chi connectivity index (χ3v) is 6.96. The largest absolute Gasteiger partial charge is 0.333 e. The van der Waals surface area contributed by atoms with Crippen LogP contribution in [-0.2, 0) is 17.8 Å². The molecule has 0 unspecified atom stereocenters. The molecular formula is C26H23N5O3S. The van der Waals surface area contributed by atoms with E-state index in [0.29, 0.717) is 38.1 Å². The second kappa shape index (κ2) is 9.27. The zero-order valence-corrected chi connectivity index (χ0v) is 20.3. The highest BCUT2D eigenvalue weighted by atomic mass is 32.1. The number of aromatic nitrogens is 4. The average Bonchev–Trinajstić information content (AvgIpc) is 3.46. The highest BCUT2D eigenvalue weighted by Gasteiger charge is 2.21. The van der Waals surface area contributed by atoms with Gasteiger partial charge in [0.15, 0.2) is 0 Å². The molecule has 3 heterocycles. The number of carbonyl (C=O) groups excluding carboxylic acids is 1. The maximum Gasteiger partial charge on any atom is 0.268 e. The van der Waals surface area contributed by atoms with E-state index in [0.717, 1.165) is 17.5 Å². The molecule has 1 amide bonds. The zero-order chi connectivity index (χ0) is 24.5. The van der Waals surface area contributed by atoms with Crippen molar-refractivity contribution in [3.63, 3.8) is 0 Å². The quantitative estimate of drug-likeness (QED) is 0.363. The van der Waals surface area contributed by atoms with E-state index in [2.05, 4.69) is 27.4 Å². The monoisotopic (exact) mass is 485 g/mol. The summed E-state index contributed by atoms with van der Waals surface area (Å²) in [5.74, 6) is 0.515. The summed E-state index contributed by atoms with van der Waals surface area (Å²) in [5, 5.41) is 7.38. The first-order valence-electron chi connectivity index (χ1n) is 11.2. The molecule has 35 heavy (non-hydrogen) atoms. The fraction of sp³-hybridized carbons (Fsp3) is 0.192. The number of amides is 1. The molecule has 0 aliphatic heterocycles. The molecule has 3 aromatic heterocycles. The number of benzene rings is 2. The molecule has 0 spiro atoms. The van der Waals surface area contributed by atoms with Crippen molar-refractivity contribution in [1.29, 1.82) is 0 Å². The Morgan fingerprint density at radius 1 is 1.14 bits per heavy atom. The standard InChI is InChI=1S/C26H23N5O3S/c1-4-17-8-10-19(11-9-17)28-20(32)13-31-14-27-25-21(26(31)33)16(3)22(35-25)24-29-23(30-34-24)18-7-5-6-15(2)12-18/h5-12,14H,4,13H2,1-3H3,(H,28,32). The fourth-order valence-corrected chi connectivity index (χ4v) is 4.93. The van der Waals surface area contributed by atoms with E-state index in [9.17, 15) is 9.59 Å². The van der Waals surface area contributed by atoms with Gasteiger partial charge in [-0.3, -0.25) is 14.2 Å². The number of nitrogens with one attached hydrogen (secondary N) is 1. The molecule has 9 heteroatoms. The first-order chi connectivity index (χ1) is 16.9. The minimum atomic E-state index is -0.301. The van der Waals surface area contributed by atoms with Crippen LogP contribution in [0.25, 0.3) is 32.4 Å². The highest BCUT2D eigenvalue weighted by molar-refractivity contribution is 7.22. The van der Waals surface area contributed by atoms with Gasteiger partial charge in [-0.25, -0.2) is 4.98 Å². The van der Waals surface area contributed by atoms with Gasteiger partial charge in [0, 0.05) is 11.3 Å². The zero-order valence-electron chi connectivity index (χ0n) is 19.5. The topological polar surface area (TPSA) is 103 Å². The predicted octanol–water partition coefficient (Wildman–Crippen LogP) is 4.99. The van der Waals surface area contributed by atoms with Crippen LogP contribution in [0.3, 0.4) is 0 Å². The minimum absolute atomic E-state index is 0.139. The van der Waals surface area contributed by atoms with Crippen molar-refractivity contribution >= 4 is 33.1 Å². The Bertz CT molecular complexity index is 1600. The van der Waals surface area contributed by atoms with Crippen LogP contribution in [0.2, 0.25) is 0 Å². The summed E-state index contributed by atoms with van der Waals surface area (Å²) < 4.78 is 6.83. The summed E-state index contributed by atoms with van der Waals surface area (Å²) in [5.41, 5.74) is 4.24. The van der Waals surface area contributed by atoms with E-state index < -0.39 is 0 Å². The van der Waals surface area contributed by atoms with Crippen molar-refractivity contribution in [3.05, 3.63) is 81.9 Å². The van der Waals surface area contributed by atoms with E-state index in [1.54, 1.807) is 0 Å². The number of hydrogen-bond donors (Lipinski definition) is 1. The van der Waals surface area contributed by atoms with E-state index >= 15 is 0 Å². The van der Waals surface area contributed by atoms with Gasteiger partial charge in [0.05, 0.1) is 16.6 Å². The minimum Gasteiger partial charge on any atom is -0.333 e. The first-order valence-corrected chi connectivity index (χ1v) is 12.0. The fourth-order valence-electron chi connectivity index (χ4n) is 3.87. The smallest absolute Gasteiger partial charge is 0.268 e. The average molecular weight is 486 g/mol. The molecule has 5 aromatic rings. The van der Waals surface area contributed by atoms with Gasteiger partial charge >= 0.3 is 0 Å². The maximum absolute atomic E-state index is 13.2. The molecule has 8 nitrogen and oxygen atoms in total. The lowest BCUT2D eigenvalue weighted by molar-refractivity contribution is -0.116. The Balaban J connectivity index is 1.41. The number of hydrogen-bond acceptors (Lipinski definition) is 7. The third kappa shape index (κ3) is 4.50. The van der Waals surface area contributed by atoms with Gasteiger partial charge in [-0.05, 0) is 49.6 Å². The number of rotatable bonds is 6. The third-order valence-electron chi connectivity index (χ3n) is 5.77. The summed E-state index contributed by atoms with van der Waals surface area (Å²) in [7, 11) is 0. The number of thiophene rings is 1. The van der Waals surface area contributed by atoms with Gasteiger partial charge < -0.3 is 9.84 Å². The van der Waals surface area contributed by atoms with Gasteiger partial charge in [0.25, 0.3) is 11.4 Å². The summed E-state index contributed by atoms with van der Waals surface area (Å²) in [6.07, 6.45) is 2.32. The van der Waals surface area contributed by atoms with Crippen molar-refractivity contribution in [1.82, 2.24) is 19.7 Å². The summed E-state index contributed by atoms with van der Waals surface area (Å²) >= 11 is 1.32. The lowest BCUT2D eigenvalue weighted by Crippen LogP contribution is -2.27. The Kier molecular flexibility index (Phi) is 6.00. The van der Waals surface area contributed by atoms with Crippen LogP contribution in [0, 0.1) is 13.8 Å². The van der Waals surface area contributed by atoms with Crippen LogP contribution < -0.4 is 10.9 Å². The molecule has 5 rings (SSSR count). The number of aryl methyl sites for hydroxylation is 3. The van der Waals surface area contributed by atoms with Crippen molar-refractivity contribution in [3.8, 4) is 22.2 Å². The molecule has 176 valence electrons.